The van der Waals surface area contributed by atoms with Gasteiger partial charge in [0.25, 0.3) is 0 Å². The van der Waals surface area contributed by atoms with Crippen LogP contribution >= 0.6 is 0 Å². The van der Waals surface area contributed by atoms with Gasteiger partial charge in [-0.3, -0.25) is 0 Å². The number of rotatable bonds is 4. The minimum absolute atomic E-state index is 0.0811. The first-order valence-corrected chi connectivity index (χ1v) is 7.28. The number of pyridine rings is 1. The summed E-state index contributed by atoms with van der Waals surface area (Å²) in [4.78, 5) is 17.1. The van der Waals surface area contributed by atoms with E-state index in [1.54, 1.807) is 20.3 Å². The van der Waals surface area contributed by atoms with Crippen LogP contribution in [0.3, 0.4) is 0 Å². The highest BCUT2D eigenvalue weighted by molar-refractivity contribution is 5.85. The predicted molar refractivity (Wildman–Crippen MR) is 82.9 cm³/mol. The molecule has 0 N–H and O–H groups in total. The van der Waals surface area contributed by atoms with Gasteiger partial charge in [0.15, 0.2) is 11.5 Å². The first kappa shape index (κ1) is 15.1. The number of ether oxygens (including phenoxy) is 2. The maximum absolute atomic E-state index is 10.8. The number of fused-ring (bicyclic) bond motifs is 1. The van der Waals surface area contributed by atoms with Gasteiger partial charge in [-0.15, -0.1) is 0 Å². The number of carboxylic acids is 1. The third-order valence-electron chi connectivity index (χ3n) is 4.03. The molecule has 0 spiro atoms. The van der Waals surface area contributed by atoms with Gasteiger partial charge >= 0.3 is 0 Å². The molecule has 0 aliphatic carbocycles. The van der Waals surface area contributed by atoms with Gasteiger partial charge in [-0.2, -0.15) is 0 Å². The van der Waals surface area contributed by atoms with Gasteiger partial charge in [-0.1, -0.05) is 0 Å². The molecule has 0 amide bonds. The van der Waals surface area contributed by atoms with Crippen LogP contribution in [-0.4, -0.2) is 31.7 Å². The molecule has 1 aliphatic rings. The largest absolute Gasteiger partial charge is 0.545 e. The number of aromatic carboxylic acids is 1. The molecule has 120 valence electrons. The molecular formula is C17H17N2O4-. The van der Waals surface area contributed by atoms with Gasteiger partial charge < -0.3 is 24.3 Å². The summed E-state index contributed by atoms with van der Waals surface area (Å²) in [5, 5.41) is 10.8. The number of carbonyl (C=O) groups excluding carboxylic acids is 1. The summed E-state index contributed by atoms with van der Waals surface area (Å²) in [6.45, 7) is 1.49. The fourth-order valence-electron chi connectivity index (χ4n) is 2.77. The molecule has 0 saturated carbocycles. The van der Waals surface area contributed by atoms with Gasteiger partial charge in [0.05, 0.1) is 20.2 Å². The molecule has 1 aromatic carbocycles. The zero-order chi connectivity index (χ0) is 16.4. The normalized spacial score (nSPS) is 13.4. The Bertz CT molecular complexity index is 728. The highest BCUT2D eigenvalue weighted by atomic mass is 16.5. The summed E-state index contributed by atoms with van der Waals surface area (Å²) in [6.07, 6.45) is 2.19. The van der Waals surface area contributed by atoms with E-state index in [0.29, 0.717) is 12.3 Å². The van der Waals surface area contributed by atoms with Crippen LogP contribution in [0, 0.1) is 0 Å². The molecule has 23 heavy (non-hydrogen) atoms. The Morgan fingerprint density at radius 1 is 1.17 bits per heavy atom. The maximum Gasteiger partial charge on any atom is 0.161 e. The van der Waals surface area contributed by atoms with Crippen LogP contribution < -0.4 is 19.5 Å². The number of nitrogens with zero attached hydrogens (tertiary/aromatic N) is 2. The van der Waals surface area contributed by atoms with Crippen molar-refractivity contribution in [2.45, 2.75) is 13.0 Å². The van der Waals surface area contributed by atoms with Crippen LogP contribution in [0.25, 0.3) is 0 Å². The Balaban J connectivity index is 1.86. The second-order valence-electron chi connectivity index (χ2n) is 5.34. The minimum Gasteiger partial charge on any atom is -0.545 e. The van der Waals surface area contributed by atoms with E-state index in [1.807, 2.05) is 12.1 Å². The average Bonchev–Trinajstić information content (AvgIpc) is 2.60. The standard InChI is InChI=1S/C17H18N2O4/c1-22-14-7-11-5-6-19(10-13(11)8-15(14)23-2)16-4-3-12(9-18-16)17(20)21/h3-4,7-9H,5-6,10H2,1-2H3,(H,20,21)/p-1. The Kier molecular flexibility index (Phi) is 4.06. The van der Waals surface area contributed by atoms with Crippen LogP contribution in [0.5, 0.6) is 11.5 Å². The van der Waals surface area contributed by atoms with Crippen LogP contribution in [0.2, 0.25) is 0 Å². The summed E-state index contributed by atoms with van der Waals surface area (Å²) in [6, 6.07) is 7.21. The van der Waals surface area contributed by atoms with Gasteiger partial charge in [-0.25, -0.2) is 4.98 Å². The lowest BCUT2D eigenvalue weighted by Gasteiger charge is -2.30. The molecule has 1 aromatic heterocycles. The zero-order valence-corrected chi connectivity index (χ0v) is 13.0. The number of hydrogen-bond donors (Lipinski definition) is 0. The van der Waals surface area contributed by atoms with Crippen molar-refractivity contribution in [3.05, 3.63) is 47.2 Å². The molecule has 0 bridgehead atoms. The molecule has 2 aromatic rings. The fourth-order valence-corrected chi connectivity index (χ4v) is 2.77. The highest BCUT2D eigenvalue weighted by Crippen LogP contribution is 2.34. The molecule has 0 saturated heterocycles. The molecule has 3 rings (SSSR count). The van der Waals surface area contributed by atoms with Crippen LogP contribution in [0.15, 0.2) is 30.5 Å². The van der Waals surface area contributed by atoms with E-state index in [9.17, 15) is 9.90 Å². The van der Waals surface area contributed by atoms with Crippen molar-refractivity contribution in [3.63, 3.8) is 0 Å². The Morgan fingerprint density at radius 2 is 1.87 bits per heavy atom. The number of benzene rings is 1. The highest BCUT2D eigenvalue weighted by Gasteiger charge is 2.20. The minimum atomic E-state index is -1.22. The van der Waals surface area contributed by atoms with Crippen LogP contribution in [0.4, 0.5) is 5.82 Å². The lowest BCUT2D eigenvalue weighted by atomic mass is 9.98. The fraction of sp³-hybridized carbons (Fsp3) is 0.294. The lowest BCUT2D eigenvalue weighted by Crippen LogP contribution is -2.31. The SMILES string of the molecule is COc1cc2c(cc1OC)CN(c1ccc(C(=O)[O-])cn1)CC2. The second-order valence-corrected chi connectivity index (χ2v) is 5.34. The summed E-state index contributed by atoms with van der Waals surface area (Å²) < 4.78 is 10.7. The first-order chi connectivity index (χ1) is 11.1. The van der Waals surface area contributed by atoms with Crippen molar-refractivity contribution in [1.82, 2.24) is 4.98 Å². The van der Waals surface area contributed by atoms with Gasteiger partial charge in [0.2, 0.25) is 0 Å². The first-order valence-electron chi connectivity index (χ1n) is 7.28. The molecule has 1 aliphatic heterocycles. The summed E-state index contributed by atoms with van der Waals surface area (Å²) in [7, 11) is 3.24. The molecule has 6 nitrogen and oxygen atoms in total. The third-order valence-corrected chi connectivity index (χ3v) is 4.03. The second kappa shape index (κ2) is 6.16. The summed E-state index contributed by atoms with van der Waals surface area (Å²) in [5.74, 6) is 0.963. The Labute approximate surface area is 134 Å². The van der Waals surface area contributed by atoms with Crippen molar-refractivity contribution in [2.24, 2.45) is 0 Å². The van der Waals surface area contributed by atoms with Crippen molar-refractivity contribution in [2.75, 3.05) is 25.7 Å². The average molecular weight is 313 g/mol. The Morgan fingerprint density at radius 3 is 2.43 bits per heavy atom. The third kappa shape index (κ3) is 2.92. The molecule has 0 unspecified atom stereocenters. The van der Waals surface area contributed by atoms with Gasteiger partial charge in [0, 0.05) is 24.8 Å². The maximum atomic E-state index is 10.8. The quantitative estimate of drug-likeness (QED) is 0.839. The number of anilines is 1. The molecule has 6 heteroatoms. The Hall–Kier alpha value is -2.76. The van der Waals surface area contributed by atoms with E-state index in [-0.39, 0.29) is 5.56 Å². The number of hydrogen-bond acceptors (Lipinski definition) is 6. The van der Waals surface area contributed by atoms with Gasteiger partial charge in [0.1, 0.15) is 5.82 Å². The van der Waals surface area contributed by atoms with E-state index < -0.39 is 5.97 Å². The number of carboxylic acid groups (broad SMARTS) is 1. The molecule has 0 fully saturated rings. The van der Waals surface area contributed by atoms with E-state index in [4.69, 9.17) is 9.47 Å². The molecule has 0 radical (unpaired) electrons. The van der Waals surface area contributed by atoms with E-state index in [2.05, 4.69) is 9.88 Å². The number of methoxy groups -OCH3 is 2. The topological polar surface area (TPSA) is 74.7 Å². The van der Waals surface area contributed by atoms with Crippen molar-refractivity contribution in [3.8, 4) is 11.5 Å². The summed E-state index contributed by atoms with van der Waals surface area (Å²) >= 11 is 0. The molecular weight excluding hydrogens is 296 g/mol. The van der Waals surface area contributed by atoms with E-state index >= 15 is 0 Å². The van der Waals surface area contributed by atoms with E-state index in [1.165, 1.54) is 17.8 Å². The van der Waals surface area contributed by atoms with Crippen molar-refractivity contribution < 1.29 is 19.4 Å². The van der Waals surface area contributed by atoms with Crippen molar-refractivity contribution in [1.29, 1.82) is 0 Å². The van der Waals surface area contributed by atoms with E-state index in [0.717, 1.165) is 30.1 Å². The van der Waals surface area contributed by atoms with Gasteiger partial charge in [-0.05, 0) is 41.8 Å². The lowest BCUT2D eigenvalue weighted by molar-refractivity contribution is -0.255. The molecule has 0 atom stereocenters. The van der Waals surface area contributed by atoms with Crippen LogP contribution in [0.1, 0.15) is 21.5 Å². The number of carbonyl (C=O) groups is 1. The van der Waals surface area contributed by atoms with Crippen molar-refractivity contribution >= 4 is 11.8 Å². The monoisotopic (exact) mass is 313 g/mol. The molecule has 2 heterocycles. The zero-order valence-electron chi connectivity index (χ0n) is 13.0. The number of aromatic nitrogens is 1. The van der Waals surface area contributed by atoms with Crippen LogP contribution in [-0.2, 0) is 13.0 Å². The summed E-state index contributed by atoms with van der Waals surface area (Å²) in [5.41, 5.74) is 2.46. The smallest absolute Gasteiger partial charge is 0.161 e. The predicted octanol–water partition coefficient (Wildman–Crippen LogP) is 1.02.